The van der Waals surface area contributed by atoms with Crippen molar-refractivity contribution in [3.05, 3.63) is 196 Å². The molecule has 0 unspecified atom stereocenters. The third kappa shape index (κ3) is 22.0. The van der Waals surface area contributed by atoms with E-state index in [0.29, 0.717) is 21.2 Å². The molecule has 3 aliphatic rings. The highest BCUT2D eigenvalue weighted by Crippen LogP contribution is 2.23. The van der Waals surface area contributed by atoms with E-state index in [0.717, 1.165) is 116 Å². The Morgan fingerprint density at radius 3 is 0.872 bits per heavy atom. The van der Waals surface area contributed by atoms with Crippen molar-refractivity contribution >= 4 is 66.7 Å². The van der Waals surface area contributed by atoms with Crippen LogP contribution < -0.4 is 31.3 Å². The van der Waals surface area contributed by atoms with Crippen molar-refractivity contribution in [2.75, 3.05) is 0 Å². The Morgan fingerprint density at radius 2 is 0.532 bits per heavy atom. The number of aryl methyl sites for hydroxylation is 4. The van der Waals surface area contributed by atoms with Gasteiger partial charge in [-0.2, -0.15) is 0 Å². The Morgan fingerprint density at radius 1 is 0.234 bits per heavy atom. The molecule has 0 spiro atoms. The zero-order chi connectivity index (χ0) is 65.0. The average molecular weight is 1220 g/mol. The highest BCUT2D eigenvalue weighted by Gasteiger charge is 2.08. The van der Waals surface area contributed by atoms with Crippen LogP contribution in [0.4, 0.5) is 0 Å². The predicted octanol–water partition coefficient (Wildman–Crippen LogP) is 18.6. The minimum atomic E-state index is 0.713. The first kappa shape index (κ1) is 69.2. The van der Waals surface area contributed by atoms with Gasteiger partial charge in [-0.05, 0) is 182 Å². The summed E-state index contributed by atoms with van der Waals surface area (Å²) in [5, 5.41) is 8.99. The van der Waals surface area contributed by atoms with Crippen molar-refractivity contribution in [2.45, 2.75) is 259 Å². The number of hydrogen-bond donors (Lipinski definition) is 0. The third-order valence-corrected chi connectivity index (χ3v) is 18.3. The molecule has 0 aromatic heterocycles. The molecule has 0 fully saturated rings. The zero-order valence-corrected chi connectivity index (χ0v) is 57.2. The molecule has 0 atom stereocenters. The van der Waals surface area contributed by atoms with Gasteiger partial charge >= 0.3 is 0 Å². The zero-order valence-electron chi connectivity index (χ0n) is 57.2. The van der Waals surface area contributed by atoms with Gasteiger partial charge in [-0.25, -0.2) is 0 Å². The molecule has 3 aliphatic carbocycles. The van der Waals surface area contributed by atoms with Gasteiger partial charge in [0, 0.05) is 64.7 Å². The second kappa shape index (κ2) is 39.4. The quantitative estimate of drug-likeness (QED) is 0.0209. The first-order valence-corrected chi connectivity index (χ1v) is 36.5. The van der Waals surface area contributed by atoms with Crippen molar-refractivity contribution in [1.29, 1.82) is 0 Å². The molecule has 0 heterocycles. The summed E-state index contributed by atoms with van der Waals surface area (Å²) < 4.78 is 0. The van der Waals surface area contributed by atoms with E-state index in [4.69, 9.17) is 0 Å². The highest BCUT2D eigenvalue weighted by molar-refractivity contribution is 5.89. The topological polar surface area (TPSA) is 0 Å². The molecular weight excluding hydrogens is 1130 g/mol. The Labute approximate surface area is 566 Å². The first-order chi connectivity index (χ1) is 46.5. The van der Waals surface area contributed by atoms with Crippen LogP contribution in [0, 0.1) is 95.9 Å². The van der Waals surface area contributed by atoms with E-state index in [9.17, 15) is 0 Å². The molecule has 0 aliphatic heterocycles. The fraction of sp³-hybridized carbons (Fsp3) is 0.426. The first-order valence-electron chi connectivity index (χ1n) is 36.5. The standard InChI is InChI=1S/C94H94/c1-5-9-13-17-21-25-29-33-45-75-65-83-49-37-38-50-84-66-76(46-34-30-26-22-18-14-10-6-2)71-89-55-43-44-56-90-72-78(48-36-32-28-24-20-16-12-8-4)68-86-52-40-39-51-85-67-77(47-35-31-27-23-19-15-11-7-3)70-88-54-42-41-53-87(69-75)91(83)61-57-79-73-81(59-63-93(85)88)82(60-64-94(86)90)74-80(79)58-62-92(84)89/h65-74H,5-36,45-48H2,1-4H3. The van der Waals surface area contributed by atoms with Gasteiger partial charge in [-0.3, -0.25) is 0 Å². The molecule has 6 aromatic carbocycles. The maximum absolute atomic E-state index is 3.66. The third-order valence-electron chi connectivity index (χ3n) is 18.3. The van der Waals surface area contributed by atoms with E-state index >= 15 is 0 Å². The summed E-state index contributed by atoms with van der Waals surface area (Å²) >= 11 is 0. The minimum absolute atomic E-state index is 0.713. The van der Waals surface area contributed by atoms with E-state index < -0.39 is 0 Å². The molecule has 0 N–H and O–H groups in total. The Kier molecular flexibility index (Phi) is 29.0. The molecule has 8 bridgehead atoms. The van der Waals surface area contributed by atoms with Crippen LogP contribution in [0.15, 0.2) is 72.1 Å². The summed E-state index contributed by atoms with van der Waals surface area (Å²) in [6, 6.07) is 50.2. The van der Waals surface area contributed by atoms with Crippen LogP contribution in [-0.4, -0.2) is 0 Å². The number of rotatable bonds is 36. The number of unbranched alkanes of at least 4 members (excludes halogenated alkanes) is 28. The molecule has 0 saturated carbocycles. The maximum Gasteiger partial charge on any atom is 0.0563 e. The van der Waals surface area contributed by atoms with Gasteiger partial charge in [0.1, 0.15) is 0 Å². The fourth-order valence-electron chi connectivity index (χ4n) is 12.9. The van der Waals surface area contributed by atoms with E-state index in [1.165, 1.54) is 202 Å². The van der Waals surface area contributed by atoms with Crippen molar-refractivity contribution < 1.29 is 0 Å². The van der Waals surface area contributed by atoms with E-state index in [-0.39, 0.29) is 0 Å². The van der Waals surface area contributed by atoms with E-state index in [1.807, 2.05) is 0 Å². The highest BCUT2D eigenvalue weighted by atomic mass is 14.1. The SMILES string of the molecule is CCCCCCCCCCc1cc2c3c(c1)=C=C=C=C=c1cc(CCCCCCCCCC)cc4c1=C=C=c1cc5c#cc6c(cc(CCCCCCCCCC)cc6c#cc#cc6cc(CCCCCCCCCC)cc(c6c#cc5cc1=C=C=3)C#CC#C2)C#CC#C4. The summed E-state index contributed by atoms with van der Waals surface area (Å²) in [5.41, 5.74) is 36.2. The lowest BCUT2D eigenvalue weighted by Gasteiger charge is -2.05. The lowest BCUT2D eigenvalue weighted by molar-refractivity contribution is 0.575. The molecule has 6 aromatic rings. The average Bonchev–Trinajstić information content (AvgIpc) is 1.07. The van der Waals surface area contributed by atoms with Crippen LogP contribution in [0.5, 0.6) is 0 Å². The largest absolute Gasteiger partial charge is 0.0654 e. The molecule has 9 rings (SSSR count). The van der Waals surface area contributed by atoms with Crippen molar-refractivity contribution in [1.82, 2.24) is 0 Å². The second-order valence-corrected chi connectivity index (χ2v) is 26.1. The molecule has 94 heavy (non-hydrogen) atoms. The van der Waals surface area contributed by atoms with E-state index in [2.05, 4.69) is 230 Å². The lowest BCUT2D eigenvalue weighted by atomic mass is 9.99. The summed E-state index contributed by atoms with van der Waals surface area (Å²) in [4.78, 5) is 0. The van der Waals surface area contributed by atoms with E-state index in [1.54, 1.807) is 0 Å². The monoisotopic (exact) mass is 1220 g/mol. The maximum atomic E-state index is 3.66. The molecule has 0 amide bonds. The van der Waals surface area contributed by atoms with Crippen LogP contribution in [0.25, 0.3) is 66.7 Å². The van der Waals surface area contributed by atoms with Gasteiger partial charge in [0.15, 0.2) is 0 Å². The van der Waals surface area contributed by atoms with Crippen LogP contribution in [0.1, 0.15) is 278 Å². The van der Waals surface area contributed by atoms with Gasteiger partial charge in [0.25, 0.3) is 0 Å². The van der Waals surface area contributed by atoms with Gasteiger partial charge in [0.2, 0.25) is 0 Å². The Hall–Kier alpha value is -9.18. The predicted molar refractivity (Wildman–Crippen MR) is 396 cm³/mol. The van der Waals surface area contributed by atoms with Gasteiger partial charge in [-0.15, -0.1) is 0 Å². The second-order valence-electron chi connectivity index (χ2n) is 26.1. The summed E-state index contributed by atoms with van der Waals surface area (Å²) in [7, 11) is 0. The van der Waals surface area contributed by atoms with Crippen LogP contribution >= 0.6 is 0 Å². The summed E-state index contributed by atoms with van der Waals surface area (Å²) in [6.07, 6.45) is 43.5. The van der Waals surface area contributed by atoms with Crippen molar-refractivity contribution in [3.8, 4) is 47.4 Å². The molecule has 0 heteroatoms. The lowest BCUT2D eigenvalue weighted by Crippen LogP contribution is -2.28. The molecule has 0 nitrogen and oxygen atoms in total. The number of benzene rings is 5. The Balaban J connectivity index is 1.35. The number of hydrogen-bond acceptors (Lipinski definition) is 0. The molecule has 0 saturated heterocycles. The smallest absolute Gasteiger partial charge is 0.0563 e. The molecular formula is C94H94. The van der Waals surface area contributed by atoms with Crippen LogP contribution in [-0.2, 0) is 25.7 Å². The van der Waals surface area contributed by atoms with Crippen LogP contribution in [0.3, 0.4) is 0 Å². The van der Waals surface area contributed by atoms with Gasteiger partial charge < -0.3 is 0 Å². The van der Waals surface area contributed by atoms with Crippen LogP contribution in [0.2, 0.25) is 0 Å². The van der Waals surface area contributed by atoms with Gasteiger partial charge in [-0.1, -0.05) is 302 Å². The Bertz CT molecular complexity index is 4390. The summed E-state index contributed by atoms with van der Waals surface area (Å²) in [6.45, 7) is 9.12. The van der Waals surface area contributed by atoms with Crippen molar-refractivity contribution in [3.63, 3.8) is 0 Å². The molecule has 470 valence electrons. The fourth-order valence-corrected chi connectivity index (χ4v) is 12.9. The van der Waals surface area contributed by atoms with Crippen molar-refractivity contribution in [2.24, 2.45) is 0 Å². The minimum Gasteiger partial charge on any atom is -0.0654 e. The summed E-state index contributed by atoms with van der Waals surface area (Å²) in [5.74, 6) is 27.4. The molecule has 0 radical (unpaired) electrons. The van der Waals surface area contributed by atoms with Gasteiger partial charge in [0.05, 0.1) is 21.2 Å². The normalized spacial score (nSPS) is 11.1.